The Morgan fingerprint density at radius 1 is 1.27 bits per heavy atom. The number of hydrogen-bond donors (Lipinski definition) is 0. The van der Waals surface area contributed by atoms with Crippen molar-refractivity contribution in [3.8, 4) is 0 Å². The van der Waals surface area contributed by atoms with Gasteiger partial charge in [-0.25, -0.2) is 19.7 Å². The molecule has 1 atom stereocenters. The van der Waals surface area contributed by atoms with E-state index in [0.717, 1.165) is 18.9 Å². The number of nitrogens with zero attached hydrogens (tertiary/aromatic N) is 5. The van der Waals surface area contributed by atoms with E-state index in [0.29, 0.717) is 34.7 Å². The minimum atomic E-state index is -0.424. The molecule has 9 heteroatoms. The first kappa shape index (κ1) is 18.7. The van der Waals surface area contributed by atoms with Crippen molar-refractivity contribution in [1.29, 1.82) is 0 Å². The molecule has 1 fully saturated rings. The second-order valence-corrected chi connectivity index (χ2v) is 6.73. The lowest BCUT2D eigenvalue weighted by molar-refractivity contribution is 0.0526. The first-order chi connectivity index (χ1) is 12.5. The maximum atomic E-state index is 11.8. The number of piperazine rings is 1. The molecule has 0 amide bonds. The summed E-state index contributed by atoms with van der Waals surface area (Å²) in [5.41, 5.74) is 0.350. The molecule has 0 aromatic carbocycles. The largest absolute Gasteiger partial charge is 0.462 e. The highest BCUT2D eigenvalue weighted by atomic mass is 35.5. The predicted molar refractivity (Wildman–Crippen MR) is 101 cm³/mol. The molecule has 1 aliphatic heterocycles. The summed E-state index contributed by atoms with van der Waals surface area (Å²) in [6, 6.07) is 3.54. The number of hydrogen-bond acceptors (Lipinski definition) is 7. The lowest BCUT2D eigenvalue weighted by Gasteiger charge is -2.41. The van der Waals surface area contributed by atoms with E-state index in [2.05, 4.69) is 31.7 Å². The summed E-state index contributed by atoms with van der Waals surface area (Å²) in [6.07, 6.45) is 2.96. The Hall–Kier alpha value is -2.12. The molecule has 0 N–H and O–H groups in total. The lowest BCUT2D eigenvalue weighted by atomic mass is 10.2. The van der Waals surface area contributed by atoms with Gasteiger partial charge in [-0.15, -0.1) is 0 Å². The second-order valence-electron chi connectivity index (χ2n) is 5.94. The third-order valence-electron chi connectivity index (χ3n) is 4.17. The summed E-state index contributed by atoms with van der Waals surface area (Å²) in [5, 5.41) is 0.852. The van der Waals surface area contributed by atoms with Crippen LogP contribution < -0.4 is 9.80 Å². The van der Waals surface area contributed by atoms with Gasteiger partial charge in [0.1, 0.15) is 23.1 Å². The van der Waals surface area contributed by atoms with E-state index in [-0.39, 0.29) is 6.04 Å². The third-order valence-corrected chi connectivity index (χ3v) is 4.66. The van der Waals surface area contributed by atoms with Crippen LogP contribution in [0.25, 0.3) is 0 Å². The molecule has 3 heterocycles. The van der Waals surface area contributed by atoms with E-state index in [1.165, 1.54) is 12.5 Å². The highest BCUT2D eigenvalue weighted by molar-refractivity contribution is 6.33. The lowest BCUT2D eigenvalue weighted by Crippen LogP contribution is -2.52. The first-order valence-electron chi connectivity index (χ1n) is 8.31. The number of anilines is 2. The van der Waals surface area contributed by atoms with Gasteiger partial charge in [-0.3, -0.25) is 0 Å². The Bertz CT molecular complexity index is 804. The Morgan fingerprint density at radius 3 is 2.73 bits per heavy atom. The SMILES string of the molecule is CCOC(=O)c1cnc(N2CCN(c3cc(Cl)ncn3)[C@H](C)C2)c(Cl)c1. The second kappa shape index (κ2) is 8.05. The number of aromatic nitrogens is 3. The fourth-order valence-corrected chi connectivity index (χ4v) is 3.39. The Kier molecular flexibility index (Phi) is 5.78. The standard InChI is InChI=1S/C17H19Cl2N5O2/c1-3-26-17(25)12-6-13(18)16(20-8-12)23-4-5-24(11(2)9-23)15-7-14(19)21-10-22-15/h6-8,10-11H,3-5,9H2,1-2H3/t11-/m1/s1. The van der Waals surface area contributed by atoms with E-state index in [4.69, 9.17) is 27.9 Å². The van der Waals surface area contributed by atoms with Crippen molar-refractivity contribution in [3.05, 3.63) is 40.4 Å². The van der Waals surface area contributed by atoms with Crippen LogP contribution in [0.2, 0.25) is 10.2 Å². The normalized spacial score (nSPS) is 17.3. The number of esters is 1. The smallest absolute Gasteiger partial charge is 0.339 e. The molecule has 1 saturated heterocycles. The molecule has 0 saturated carbocycles. The van der Waals surface area contributed by atoms with Crippen molar-refractivity contribution in [2.24, 2.45) is 0 Å². The number of carbonyl (C=O) groups excluding carboxylic acids is 1. The summed E-state index contributed by atoms with van der Waals surface area (Å²) < 4.78 is 4.98. The molecule has 0 unspecified atom stereocenters. The highest BCUT2D eigenvalue weighted by Gasteiger charge is 2.27. The summed E-state index contributed by atoms with van der Waals surface area (Å²) >= 11 is 12.3. The molecule has 0 aliphatic carbocycles. The van der Waals surface area contributed by atoms with Crippen molar-refractivity contribution in [2.45, 2.75) is 19.9 Å². The van der Waals surface area contributed by atoms with Crippen molar-refractivity contribution in [3.63, 3.8) is 0 Å². The zero-order valence-corrected chi connectivity index (χ0v) is 16.0. The summed E-state index contributed by atoms with van der Waals surface area (Å²) in [6.45, 7) is 6.34. The van der Waals surface area contributed by atoms with Crippen LogP contribution in [-0.2, 0) is 4.74 Å². The van der Waals surface area contributed by atoms with Gasteiger partial charge in [-0.1, -0.05) is 23.2 Å². The van der Waals surface area contributed by atoms with Crippen molar-refractivity contribution < 1.29 is 9.53 Å². The first-order valence-corrected chi connectivity index (χ1v) is 9.07. The van der Waals surface area contributed by atoms with Gasteiger partial charge in [0, 0.05) is 37.9 Å². The number of halogens is 2. The van der Waals surface area contributed by atoms with Crippen LogP contribution in [0.3, 0.4) is 0 Å². The van der Waals surface area contributed by atoms with E-state index in [1.807, 2.05) is 0 Å². The van der Waals surface area contributed by atoms with Crippen LogP contribution in [0.4, 0.5) is 11.6 Å². The average Bonchev–Trinajstić information content (AvgIpc) is 2.61. The summed E-state index contributed by atoms with van der Waals surface area (Å²) in [5.74, 6) is 1.04. The average molecular weight is 396 g/mol. The van der Waals surface area contributed by atoms with Gasteiger partial charge in [0.25, 0.3) is 0 Å². The van der Waals surface area contributed by atoms with Gasteiger partial charge in [-0.05, 0) is 19.9 Å². The number of rotatable bonds is 4. The third kappa shape index (κ3) is 3.99. The van der Waals surface area contributed by atoms with E-state index in [1.54, 1.807) is 19.1 Å². The molecule has 7 nitrogen and oxygen atoms in total. The van der Waals surface area contributed by atoms with Gasteiger partial charge < -0.3 is 14.5 Å². The van der Waals surface area contributed by atoms with Gasteiger partial charge in [0.2, 0.25) is 0 Å². The molecule has 138 valence electrons. The van der Waals surface area contributed by atoms with Crippen LogP contribution in [0.1, 0.15) is 24.2 Å². The molecular formula is C17H19Cl2N5O2. The van der Waals surface area contributed by atoms with E-state index < -0.39 is 5.97 Å². The van der Waals surface area contributed by atoms with Crippen LogP contribution >= 0.6 is 23.2 Å². The molecule has 3 rings (SSSR count). The number of carbonyl (C=O) groups is 1. The van der Waals surface area contributed by atoms with Crippen LogP contribution in [0, 0.1) is 0 Å². The quantitative estimate of drug-likeness (QED) is 0.581. The summed E-state index contributed by atoms with van der Waals surface area (Å²) in [7, 11) is 0. The van der Waals surface area contributed by atoms with E-state index >= 15 is 0 Å². The Labute approximate surface area is 161 Å². The molecule has 26 heavy (non-hydrogen) atoms. The molecule has 2 aromatic rings. The summed E-state index contributed by atoms with van der Waals surface area (Å²) in [4.78, 5) is 28.7. The monoisotopic (exact) mass is 395 g/mol. The molecule has 2 aromatic heterocycles. The molecular weight excluding hydrogens is 377 g/mol. The van der Waals surface area contributed by atoms with Crippen LogP contribution in [0.15, 0.2) is 24.7 Å². The minimum Gasteiger partial charge on any atom is -0.462 e. The zero-order valence-electron chi connectivity index (χ0n) is 14.5. The predicted octanol–water partition coefficient (Wildman–Crippen LogP) is 3.07. The minimum absolute atomic E-state index is 0.178. The van der Waals surface area contributed by atoms with Crippen molar-refractivity contribution >= 4 is 40.8 Å². The zero-order chi connectivity index (χ0) is 18.7. The van der Waals surface area contributed by atoms with E-state index in [9.17, 15) is 4.79 Å². The fourth-order valence-electron chi connectivity index (χ4n) is 2.96. The molecule has 0 spiro atoms. The van der Waals surface area contributed by atoms with Gasteiger partial charge in [0.15, 0.2) is 0 Å². The fraction of sp³-hybridized carbons (Fsp3) is 0.412. The van der Waals surface area contributed by atoms with Crippen molar-refractivity contribution in [1.82, 2.24) is 15.0 Å². The molecule has 1 aliphatic rings. The number of ether oxygens (including phenoxy) is 1. The molecule has 0 bridgehead atoms. The topological polar surface area (TPSA) is 71.5 Å². The highest BCUT2D eigenvalue weighted by Crippen LogP contribution is 2.28. The van der Waals surface area contributed by atoms with Gasteiger partial charge in [-0.2, -0.15) is 0 Å². The Balaban J connectivity index is 1.73. The Morgan fingerprint density at radius 2 is 2.08 bits per heavy atom. The number of pyridine rings is 1. The molecule has 0 radical (unpaired) electrons. The maximum Gasteiger partial charge on any atom is 0.339 e. The van der Waals surface area contributed by atoms with Crippen molar-refractivity contribution in [2.75, 3.05) is 36.0 Å². The van der Waals surface area contributed by atoms with Gasteiger partial charge >= 0.3 is 5.97 Å². The van der Waals surface area contributed by atoms with Crippen LogP contribution in [0.5, 0.6) is 0 Å². The van der Waals surface area contributed by atoms with Gasteiger partial charge in [0.05, 0.1) is 17.2 Å². The van der Waals surface area contributed by atoms with Crippen LogP contribution in [-0.4, -0.2) is 53.2 Å². The maximum absolute atomic E-state index is 11.8.